The lowest BCUT2D eigenvalue weighted by Crippen LogP contribution is -2.48. The molecule has 33 heavy (non-hydrogen) atoms. The van der Waals surface area contributed by atoms with Crippen molar-refractivity contribution in [2.45, 2.75) is 31.1 Å². The van der Waals surface area contributed by atoms with E-state index in [1.807, 2.05) is 0 Å². The molecule has 2 bridgehead atoms. The van der Waals surface area contributed by atoms with Crippen molar-refractivity contribution in [3.05, 3.63) is 71.9 Å². The first-order valence-electron chi connectivity index (χ1n) is 10.5. The topological polar surface area (TPSA) is 71.0 Å². The van der Waals surface area contributed by atoms with Gasteiger partial charge in [-0.25, -0.2) is 19.3 Å². The molecule has 1 aliphatic heterocycles. The molecule has 1 N–H and O–H groups in total. The minimum Gasteiger partial charge on any atom is -0.365 e. The number of alkyl halides is 3. The zero-order valence-electron chi connectivity index (χ0n) is 17.3. The normalized spacial score (nSPS) is 21.9. The second kappa shape index (κ2) is 8.09. The largest absolute Gasteiger partial charge is 0.417 e. The number of hydrogen-bond acceptors (Lipinski definition) is 5. The van der Waals surface area contributed by atoms with Crippen LogP contribution in [0.3, 0.4) is 0 Å². The van der Waals surface area contributed by atoms with Gasteiger partial charge >= 0.3 is 6.18 Å². The number of pyridine rings is 1. The van der Waals surface area contributed by atoms with Crippen LogP contribution in [0, 0.1) is 11.7 Å². The highest BCUT2D eigenvalue weighted by atomic mass is 19.4. The monoisotopic (exact) mass is 457 g/mol. The molecule has 2 aliphatic rings. The summed E-state index contributed by atoms with van der Waals surface area (Å²) >= 11 is 0. The first-order valence-corrected chi connectivity index (χ1v) is 10.5. The van der Waals surface area contributed by atoms with E-state index in [0.29, 0.717) is 17.9 Å². The lowest BCUT2D eigenvalue weighted by molar-refractivity contribution is -0.137. The van der Waals surface area contributed by atoms with Crippen molar-refractivity contribution in [1.29, 1.82) is 0 Å². The Hall–Kier alpha value is -3.56. The fourth-order valence-corrected chi connectivity index (χ4v) is 4.76. The molecule has 170 valence electrons. The van der Waals surface area contributed by atoms with Gasteiger partial charge in [0.05, 0.1) is 17.2 Å². The fraction of sp³-hybridized carbons (Fsp3) is 0.304. The maximum atomic E-state index is 14.8. The molecule has 1 saturated heterocycles. The number of rotatable bonds is 4. The van der Waals surface area contributed by atoms with Crippen LogP contribution in [0.4, 0.5) is 23.4 Å². The summed E-state index contributed by atoms with van der Waals surface area (Å²) in [6.45, 7) is 0.492. The first kappa shape index (κ1) is 21.3. The van der Waals surface area contributed by atoms with E-state index in [4.69, 9.17) is 0 Å². The number of likely N-dealkylation sites (tertiary alicyclic amines) is 1. The summed E-state index contributed by atoms with van der Waals surface area (Å²) in [5, 5.41) is 3.16. The Morgan fingerprint density at radius 3 is 2.48 bits per heavy atom. The first-order chi connectivity index (χ1) is 15.8. The number of aromatic nitrogens is 3. The molecule has 3 atom stereocenters. The highest BCUT2D eigenvalue weighted by molar-refractivity contribution is 6.00. The Bertz CT molecular complexity index is 1170. The van der Waals surface area contributed by atoms with Crippen molar-refractivity contribution in [2.24, 2.45) is 5.92 Å². The van der Waals surface area contributed by atoms with Crippen LogP contribution >= 0.6 is 0 Å². The average Bonchev–Trinajstić information content (AvgIpc) is 3.39. The van der Waals surface area contributed by atoms with Gasteiger partial charge in [-0.05, 0) is 43.0 Å². The van der Waals surface area contributed by atoms with Crippen molar-refractivity contribution in [3.8, 4) is 11.4 Å². The number of halogens is 4. The summed E-state index contributed by atoms with van der Waals surface area (Å²) in [7, 11) is 0. The molecule has 6 nitrogen and oxygen atoms in total. The van der Waals surface area contributed by atoms with Crippen molar-refractivity contribution in [2.75, 3.05) is 11.9 Å². The van der Waals surface area contributed by atoms with Gasteiger partial charge in [0, 0.05) is 36.7 Å². The van der Waals surface area contributed by atoms with Crippen LogP contribution in [-0.4, -0.2) is 44.4 Å². The van der Waals surface area contributed by atoms with Gasteiger partial charge in [0.25, 0.3) is 5.91 Å². The molecule has 0 unspecified atom stereocenters. The molecule has 10 heteroatoms. The number of benzene rings is 1. The minimum absolute atomic E-state index is 0.0809. The number of piperidine rings is 1. The van der Waals surface area contributed by atoms with Crippen LogP contribution in [-0.2, 0) is 6.18 Å². The van der Waals surface area contributed by atoms with Gasteiger partial charge in [0.1, 0.15) is 11.6 Å². The lowest BCUT2D eigenvalue weighted by Gasteiger charge is -2.34. The Morgan fingerprint density at radius 1 is 1.03 bits per heavy atom. The van der Waals surface area contributed by atoms with Crippen LogP contribution in [0.25, 0.3) is 11.4 Å². The van der Waals surface area contributed by atoms with Crippen molar-refractivity contribution < 1.29 is 22.4 Å². The maximum Gasteiger partial charge on any atom is 0.417 e. The molecule has 5 rings (SSSR count). The summed E-state index contributed by atoms with van der Waals surface area (Å²) in [6.07, 6.45) is 0.858. The Labute approximate surface area is 186 Å². The molecule has 2 aromatic heterocycles. The number of carbonyl (C=O) groups excluding carboxylic acids is 1. The van der Waals surface area contributed by atoms with Crippen molar-refractivity contribution in [3.63, 3.8) is 0 Å². The third-order valence-corrected chi connectivity index (χ3v) is 6.20. The standard InChI is InChI=1S/C23H19F4N5O/c24-16-4-1-3-15(21-28-7-2-8-29-21)20(16)22(33)32-12-13-9-17(18(32)10-13)31-19-6-5-14(11-30-19)23(25,26)27/h1-8,11,13,17-18H,9-10,12H2,(H,30,31)/t13-,17-,18+/m1/s1. The van der Waals surface area contributed by atoms with Crippen molar-refractivity contribution in [1.82, 2.24) is 19.9 Å². The van der Waals surface area contributed by atoms with Gasteiger partial charge in [-0.1, -0.05) is 12.1 Å². The predicted molar refractivity (Wildman–Crippen MR) is 112 cm³/mol. The van der Waals surface area contributed by atoms with Crippen LogP contribution in [0.15, 0.2) is 55.0 Å². The third-order valence-electron chi connectivity index (χ3n) is 6.20. The number of nitrogens with zero attached hydrogens (tertiary/aromatic N) is 4. The second-order valence-electron chi connectivity index (χ2n) is 8.28. The van der Waals surface area contributed by atoms with E-state index < -0.39 is 23.5 Å². The molecule has 2 fully saturated rings. The van der Waals surface area contributed by atoms with Gasteiger partial charge in [-0.3, -0.25) is 4.79 Å². The van der Waals surface area contributed by atoms with E-state index in [1.54, 1.807) is 17.0 Å². The number of carbonyl (C=O) groups is 1. The van der Waals surface area contributed by atoms with Gasteiger partial charge in [-0.2, -0.15) is 13.2 Å². The fourth-order valence-electron chi connectivity index (χ4n) is 4.76. The van der Waals surface area contributed by atoms with Gasteiger partial charge in [0.15, 0.2) is 5.82 Å². The number of hydrogen-bond donors (Lipinski definition) is 1. The van der Waals surface area contributed by atoms with Crippen LogP contribution in [0.5, 0.6) is 0 Å². The van der Waals surface area contributed by atoms with Gasteiger partial charge < -0.3 is 10.2 Å². The van der Waals surface area contributed by atoms with E-state index in [9.17, 15) is 22.4 Å². The molecule has 1 amide bonds. The van der Waals surface area contributed by atoms with E-state index in [-0.39, 0.29) is 29.4 Å². The van der Waals surface area contributed by atoms with Gasteiger partial charge in [0.2, 0.25) is 0 Å². The zero-order chi connectivity index (χ0) is 23.2. The predicted octanol–water partition coefficient (Wildman–Crippen LogP) is 4.41. The highest BCUT2D eigenvalue weighted by Gasteiger charge is 2.48. The molecular formula is C23H19F4N5O. The highest BCUT2D eigenvalue weighted by Crippen LogP contribution is 2.41. The minimum atomic E-state index is -4.46. The molecule has 1 aromatic carbocycles. The van der Waals surface area contributed by atoms with E-state index >= 15 is 0 Å². The quantitative estimate of drug-likeness (QED) is 0.588. The van der Waals surface area contributed by atoms with Crippen LogP contribution < -0.4 is 5.32 Å². The maximum absolute atomic E-state index is 14.8. The number of fused-ring (bicyclic) bond motifs is 2. The molecule has 3 heterocycles. The number of amides is 1. The van der Waals surface area contributed by atoms with E-state index in [2.05, 4.69) is 20.3 Å². The zero-order valence-corrected chi connectivity index (χ0v) is 17.3. The molecule has 1 saturated carbocycles. The molecule has 0 spiro atoms. The Kier molecular flexibility index (Phi) is 5.22. The summed E-state index contributed by atoms with van der Waals surface area (Å²) in [6, 6.07) is 7.82. The van der Waals surface area contributed by atoms with Crippen LogP contribution in [0.2, 0.25) is 0 Å². The van der Waals surface area contributed by atoms with Crippen LogP contribution in [0.1, 0.15) is 28.8 Å². The van der Waals surface area contributed by atoms with E-state index in [0.717, 1.165) is 25.1 Å². The molecular weight excluding hydrogens is 438 g/mol. The Morgan fingerprint density at radius 2 is 1.82 bits per heavy atom. The smallest absolute Gasteiger partial charge is 0.365 e. The molecule has 3 aromatic rings. The number of anilines is 1. The SMILES string of the molecule is O=C(c1c(F)cccc1-c1ncccn1)N1C[C@@H]2C[C@@H](Nc3ccc(C(F)(F)F)cn3)[C@@H]1C2. The summed E-state index contributed by atoms with van der Waals surface area (Å²) in [5.41, 5.74) is -0.590. The summed E-state index contributed by atoms with van der Waals surface area (Å²) < 4.78 is 53.2. The Balaban J connectivity index is 1.38. The summed E-state index contributed by atoms with van der Waals surface area (Å²) in [4.78, 5) is 27.3. The summed E-state index contributed by atoms with van der Waals surface area (Å²) in [5.74, 6) is -0.323. The average molecular weight is 457 g/mol. The van der Waals surface area contributed by atoms with Crippen molar-refractivity contribution >= 4 is 11.7 Å². The second-order valence-corrected chi connectivity index (χ2v) is 8.28. The van der Waals surface area contributed by atoms with E-state index in [1.165, 1.54) is 30.6 Å². The molecule has 1 aliphatic carbocycles. The number of nitrogens with one attached hydrogen (secondary N) is 1. The molecule has 0 radical (unpaired) electrons. The lowest BCUT2D eigenvalue weighted by atomic mass is 10.0. The third kappa shape index (κ3) is 4.01. The van der Waals surface area contributed by atoms with Gasteiger partial charge in [-0.15, -0.1) is 0 Å².